The van der Waals surface area contributed by atoms with Crippen LogP contribution in [0.3, 0.4) is 0 Å². The van der Waals surface area contributed by atoms with Crippen molar-refractivity contribution in [3.05, 3.63) is 0 Å². The maximum absolute atomic E-state index is 13.0. The van der Waals surface area contributed by atoms with E-state index in [4.69, 9.17) is 0 Å². The Kier molecular flexibility index (Phi) is 16.1. The predicted molar refractivity (Wildman–Crippen MR) is 62.4 cm³/mol. The summed E-state index contributed by atoms with van der Waals surface area (Å²) >= 11 is 0. The number of hydrogen-bond donors (Lipinski definition) is 0. The van der Waals surface area contributed by atoms with Gasteiger partial charge in [0.25, 0.3) is 0 Å². The molecule has 0 aromatic rings. The first kappa shape index (κ1) is 21.7. The maximum Gasteiger partial charge on any atom is 1.00 e. The molecule has 0 aromatic carbocycles. The SMILES string of the molecule is O=S(=O)([O-])CC(F)CCCCCCCCCF.[K+]. The van der Waals surface area contributed by atoms with Gasteiger partial charge in [0.2, 0.25) is 0 Å². The molecule has 0 rings (SSSR count). The zero-order valence-electron chi connectivity index (χ0n) is 11.0. The molecule has 0 fully saturated rings. The van der Waals surface area contributed by atoms with Crippen molar-refractivity contribution in [3.8, 4) is 0 Å². The molecule has 7 heteroatoms. The van der Waals surface area contributed by atoms with E-state index in [1.165, 1.54) is 0 Å². The summed E-state index contributed by atoms with van der Waals surface area (Å²) in [7, 11) is -4.44. The Morgan fingerprint density at radius 2 is 1.39 bits per heavy atom. The third-order valence-corrected chi connectivity index (χ3v) is 3.31. The zero-order valence-corrected chi connectivity index (χ0v) is 15.0. The van der Waals surface area contributed by atoms with Crippen LogP contribution >= 0.6 is 0 Å². The zero-order chi connectivity index (χ0) is 13.1. The van der Waals surface area contributed by atoms with Gasteiger partial charge in [0.1, 0.15) is 6.17 Å². The van der Waals surface area contributed by atoms with Crippen molar-refractivity contribution in [2.45, 2.75) is 57.5 Å². The molecule has 0 aliphatic heterocycles. The van der Waals surface area contributed by atoms with Gasteiger partial charge in [0.05, 0.1) is 22.5 Å². The molecular formula is C11H21F2KO3S. The Morgan fingerprint density at radius 3 is 1.83 bits per heavy atom. The second kappa shape index (κ2) is 13.4. The van der Waals surface area contributed by atoms with Crippen LogP contribution in [0.4, 0.5) is 8.78 Å². The van der Waals surface area contributed by atoms with Crippen LogP contribution in [0.2, 0.25) is 0 Å². The molecule has 0 saturated heterocycles. The van der Waals surface area contributed by atoms with Gasteiger partial charge in [-0.3, -0.25) is 4.39 Å². The monoisotopic (exact) mass is 310 g/mol. The number of alkyl halides is 2. The molecule has 1 atom stereocenters. The number of halogens is 2. The van der Waals surface area contributed by atoms with Gasteiger partial charge in [-0.15, -0.1) is 0 Å². The average Bonchev–Trinajstić information content (AvgIpc) is 2.19. The van der Waals surface area contributed by atoms with Crippen molar-refractivity contribution in [1.82, 2.24) is 0 Å². The summed E-state index contributed by atoms with van der Waals surface area (Å²) in [6.07, 6.45) is 4.44. The van der Waals surface area contributed by atoms with E-state index in [1.807, 2.05) is 0 Å². The molecule has 18 heavy (non-hydrogen) atoms. The Bertz CT molecular complexity index is 273. The molecule has 0 radical (unpaired) electrons. The minimum absolute atomic E-state index is 0. The van der Waals surface area contributed by atoms with Gasteiger partial charge in [-0.25, -0.2) is 12.8 Å². The minimum Gasteiger partial charge on any atom is -0.748 e. The molecular weight excluding hydrogens is 289 g/mol. The van der Waals surface area contributed by atoms with Gasteiger partial charge in [-0.1, -0.05) is 38.5 Å². The van der Waals surface area contributed by atoms with Crippen LogP contribution in [-0.2, 0) is 10.1 Å². The normalized spacial score (nSPS) is 13.1. The van der Waals surface area contributed by atoms with E-state index in [2.05, 4.69) is 0 Å². The summed E-state index contributed by atoms with van der Waals surface area (Å²) in [4.78, 5) is 0. The number of unbranched alkanes of at least 4 members (excludes halogenated alkanes) is 6. The summed E-state index contributed by atoms with van der Waals surface area (Å²) in [5.74, 6) is -0.913. The van der Waals surface area contributed by atoms with Crippen LogP contribution in [-0.4, -0.2) is 31.6 Å². The maximum atomic E-state index is 13.0. The van der Waals surface area contributed by atoms with Crippen molar-refractivity contribution < 1.29 is 73.1 Å². The van der Waals surface area contributed by atoms with E-state index >= 15 is 0 Å². The summed E-state index contributed by atoms with van der Waals surface area (Å²) in [5, 5.41) is 0. The molecule has 0 spiro atoms. The van der Waals surface area contributed by atoms with Gasteiger partial charge in [0.15, 0.2) is 0 Å². The summed E-state index contributed by atoms with van der Waals surface area (Å²) in [5.41, 5.74) is 0. The molecule has 0 bridgehead atoms. The first-order chi connectivity index (χ1) is 7.95. The van der Waals surface area contributed by atoms with Gasteiger partial charge in [-0.2, -0.15) is 0 Å². The predicted octanol–water partition coefficient (Wildman–Crippen LogP) is -0.0360. The standard InChI is InChI=1S/C11H22F2O3S.K/c12-9-7-5-3-1-2-4-6-8-11(13)10-17(14,15)16;/h11H,1-10H2,(H,14,15,16);/q;+1/p-1. The van der Waals surface area contributed by atoms with Crippen LogP contribution in [0, 0.1) is 0 Å². The molecule has 0 amide bonds. The van der Waals surface area contributed by atoms with Crippen LogP contribution < -0.4 is 51.4 Å². The average molecular weight is 310 g/mol. The fraction of sp³-hybridized carbons (Fsp3) is 1.00. The van der Waals surface area contributed by atoms with Gasteiger partial charge >= 0.3 is 51.4 Å². The van der Waals surface area contributed by atoms with Crippen LogP contribution in [0.25, 0.3) is 0 Å². The Hall–Kier alpha value is 1.41. The fourth-order valence-corrected chi connectivity index (χ4v) is 2.26. The largest absolute Gasteiger partial charge is 1.00 e. The Labute approximate surface area is 151 Å². The third kappa shape index (κ3) is 17.4. The summed E-state index contributed by atoms with van der Waals surface area (Å²) < 4.78 is 55.4. The third-order valence-electron chi connectivity index (χ3n) is 2.54. The molecule has 0 aromatic heterocycles. The number of hydrogen-bond acceptors (Lipinski definition) is 3. The van der Waals surface area contributed by atoms with Crippen molar-refractivity contribution in [3.63, 3.8) is 0 Å². The summed E-state index contributed by atoms with van der Waals surface area (Å²) in [6, 6.07) is 0. The topological polar surface area (TPSA) is 57.2 Å². The van der Waals surface area contributed by atoms with Crippen LogP contribution in [0.15, 0.2) is 0 Å². The smallest absolute Gasteiger partial charge is 0.748 e. The van der Waals surface area contributed by atoms with E-state index in [9.17, 15) is 21.8 Å². The molecule has 0 aliphatic carbocycles. The molecule has 104 valence electrons. The first-order valence-electron chi connectivity index (χ1n) is 6.09. The van der Waals surface area contributed by atoms with E-state index in [0.717, 1.165) is 32.1 Å². The molecule has 1 unspecified atom stereocenters. The van der Waals surface area contributed by atoms with Crippen molar-refractivity contribution >= 4 is 10.1 Å². The van der Waals surface area contributed by atoms with E-state index in [1.54, 1.807) is 0 Å². The quantitative estimate of drug-likeness (QED) is 0.306. The Morgan fingerprint density at radius 1 is 0.944 bits per heavy atom. The second-order valence-electron chi connectivity index (χ2n) is 4.27. The van der Waals surface area contributed by atoms with E-state index in [0.29, 0.717) is 12.8 Å². The van der Waals surface area contributed by atoms with Crippen LogP contribution in [0.1, 0.15) is 51.4 Å². The van der Waals surface area contributed by atoms with Crippen molar-refractivity contribution in [2.75, 3.05) is 12.4 Å². The fourth-order valence-electron chi connectivity index (χ4n) is 1.65. The summed E-state index contributed by atoms with van der Waals surface area (Å²) in [6.45, 7) is -0.271. The molecule has 3 nitrogen and oxygen atoms in total. The first-order valence-corrected chi connectivity index (χ1v) is 7.67. The molecule has 0 saturated carbocycles. The molecule has 0 aliphatic rings. The van der Waals surface area contributed by atoms with E-state index < -0.39 is 22.0 Å². The minimum atomic E-state index is -4.44. The van der Waals surface area contributed by atoms with Crippen molar-refractivity contribution in [1.29, 1.82) is 0 Å². The van der Waals surface area contributed by atoms with Crippen LogP contribution in [0.5, 0.6) is 0 Å². The van der Waals surface area contributed by atoms with Gasteiger partial charge in [0, 0.05) is 0 Å². The number of rotatable bonds is 11. The van der Waals surface area contributed by atoms with Crippen molar-refractivity contribution in [2.24, 2.45) is 0 Å². The Balaban J connectivity index is 0. The van der Waals surface area contributed by atoms with Gasteiger partial charge < -0.3 is 4.55 Å². The van der Waals surface area contributed by atoms with E-state index in [-0.39, 0.29) is 64.5 Å². The van der Waals surface area contributed by atoms with Gasteiger partial charge in [-0.05, 0) is 12.8 Å². The molecule has 0 heterocycles. The molecule has 0 N–H and O–H groups in total. The second-order valence-corrected chi connectivity index (χ2v) is 5.72.